The molecule has 2 aromatic rings. The van der Waals surface area contributed by atoms with E-state index in [1.165, 1.54) is 0 Å². The quantitative estimate of drug-likeness (QED) is 0.766. The van der Waals surface area contributed by atoms with E-state index in [9.17, 15) is 0 Å². The molecule has 21 heavy (non-hydrogen) atoms. The molecule has 0 bridgehead atoms. The van der Waals surface area contributed by atoms with Gasteiger partial charge in [-0.15, -0.1) is 0 Å². The molecule has 0 aliphatic carbocycles. The summed E-state index contributed by atoms with van der Waals surface area (Å²) in [6, 6.07) is 11.9. The molecule has 0 saturated carbocycles. The minimum atomic E-state index is 0.506. The molecule has 0 amide bonds. The molecule has 2 N–H and O–H groups in total. The van der Waals surface area contributed by atoms with Gasteiger partial charge in [-0.3, -0.25) is 0 Å². The minimum absolute atomic E-state index is 0.506. The van der Waals surface area contributed by atoms with Gasteiger partial charge in [0.2, 0.25) is 0 Å². The fourth-order valence-corrected chi connectivity index (χ4v) is 2.99. The molecule has 0 radical (unpaired) electrons. The zero-order valence-electron chi connectivity index (χ0n) is 11.7. The monoisotopic (exact) mass is 413 g/mol. The van der Waals surface area contributed by atoms with E-state index in [0.29, 0.717) is 13.2 Å². The van der Waals surface area contributed by atoms with E-state index >= 15 is 0 Å². The molecule has 0 atom stereocenters. The third-order valence-corrected chi connectivity index (χ3v) is 4.45. The Kier molecular flexibility index (Phi) is 6.08. The van der Waals surface area contributed by atoms with Gasteiger partial charge in [-0.05, 0) is 70.4 Å². The zero-order chi connectivity index (χ0) is 15.2. The molecular weight excluding hydrogens is 398 g/mol. The summed E-state index contributed by atoms with van der Waals surface area (Å²) < 4.78 is 13.0. The molecule has 0 aliphatic rings. The number of benzene rings is 2. The van der Waals surface area contributed by atoms with Crippen LogP contribution in [-0.2, 0) is 13.0 Å². The molecule has 0 spiro atoms. The van der Waals surface area contributed by atoms with Crippen molar-refractivity contribution in [3.8, 4) is 11.5 Å². The van der Waals surface area contributed by atoms with Crippen molar-refractivity contribution in [1.82, 2.24) is 0 Å². The molecule has 112 valence electrons. The van der Waals surface area contributed by atoms with Crippen LogP contribution in [0.1, 0.15) is 11.1 Å². The Bertz CT molecular complexity index is 617. The summed E-state index contributed by atoms with van der Waals surface area (Å²) in [7, 11) is 1.65. The molecule has 5 heteroatoms. The molecule has 3 nitrogen and oxygen atoms in total. The number of ether oxygens (including phenoxy) is 2. The summed E-state index contributed by atoms with van der Waals surface area (Å²) >= 11 is 7.00. The highest BCUT2D eigenvalue weighted by Gasteiger charge is 2.04. The molecule has 0 unspecified atom stereocenters. The van der Waals surface area contributed by atoms with Crippen LogP contribution in [0.15, 0.2) is 45.3 Å². The maximum absolute atomic E-state index is 5.84. The topological polar surface area (TPSA) is 44.5 Å². The maximum atomic E-state index is 5.84. The lowest BCUT2D eigenvalue weighted by molar-refractivity contribution is 0.305. The van der Waals surface area contributed by atoms with Gasteiger partial charge in [0.05, 0.1) is 11.6 Å². The molecule has 0 saturated heterocycles. The number of nitrogens with two attached hydrogens (primary N) is 1. The third-order valence-electron chi connectivity index (χ3n) is 3.05. The normalized spacial score (nSPS) is 10.5. The van der Waals surface area contributed by atoms with E-state index in [2.05, 4.69) is 31.9 Å². The van der Waals surface area contributed by atoms with E-state index in [1.54, 1.807) is 7.11 Å². The Labute approximate surface area is 141 Å². The first-order valence-corrected chi connectivity index (χ1v) is 8.16. The number of halogens is 2. The van der Waals surface area contributed by atoms with E-state index in [4.69, 9.17) is 15.2 Å². The Morgan fingerprint density at radius 3 is 2.52 bits per heavy atom. The van der Waals surface area contributed by atoms with Gasteiger partial charge >= 0.3 is 0 Å². The van der Waals surface area contributed by atoms with Crippen molar-refractivity contribution in [2.75, 3.05) is 13.7 Å². The zero-order valence-corrected chi connectivity index (χ0v) is 14.9. The van der Waals surface area contributed by atoms with Crippen LogP contribution in [0.3, 0.4) is 0 Å². The van der Waals surface area contributed by atoms with Gasteiger partial charge in [0.25, 0.3) is 0 Å². The van der Waals surface area contributed by atoms with E-state index in [1.807, 2.05) is 36.4 Å². The first-order chi connectivity index (χ1) is 10.1. The highest BCUT2D eigenvalue weighted by Crippen LogP contribution is 2.27. The lowest BCUT2D eigenvalue weighted by atomic mass is 10.1. The fourth-order valence-electron chi connectivity index (χ4n) is 1.95. The lowest BCUT2D eigenvalue weighted by Gasteiger charge is -2.10. The van der Waals surface area contributed by atoms with Crippen molar-refractivity contribution in [3.05, 3.63) is 56.5 Å². The van der Waals surface area contributed by atoms with Gasteiger partial charge in [-0.2, -0.15) is 0 Å². The highest BCUT2D eigenvalue weighted by molar-refractivity contribution is 9.10. The second-order valence-electron chi connectivity index (χ2n) is 4.55. The van der Waals surface area contributed by atoms with Crippen LogP contribution in [0.5, 0.6) is 11.5 Å². The number of methoxy groups -OCH3 is 1. The van der Waals surface area contributed by atoms with Crippen LogP contribution in [0.4, 0.5) is 0 Å². The first kappa shape index (κ1) is 16.3. The van der Waals surface area contributed by atoms with Gasteiger partial charge < -0.3 is 15.2 Å². The summed E-state index contributed by atoms with van der Waals surface area (Å²) in [6.45, 7) is 1.12. The third kappa shape index (κ3) is 4.46. The van der Waals surface area contributed by atoms with E-state index in [-0.39, 0.29) is 0 Å². The number of rotatable bonds is 6. The minimum Gasteiger partial charge on any atom is -0.496 e. The molecule has 0 fully saturated rings. The van der Waals surface area contributed by atoms with Crippen molar-refractivity contribution >= 4 is 31.9 Å². The van der Waals surface area contributed by atoms with Crippen molar-refractivity contribution in [1.29, 1.82) is 0 Å². The van der Waals surface area contributed by atoms with Gasteiger partial charge in [0.1, 0.15) is 18.1 Å². The predicted octanol–water partition coefficient (Wildman–Crippen LogP) is 4.30. The predicted molar refractivity (Wildman–Crippen MR) is 91.9 cm³/mol. The molecular formula is C16H17Br2NO2. The Balaban J connectivity index is 2.06. The molecule has 0 heterocycles. The van der Waals surface area contributed by atoms with Crippen LogP contribution in [0, 0.1) is 0 Å². The smallest absolute Gasteiger partial charge is 0.133 e. The Hall–Kier alpha value is -1.04. The first-order valence-electron chi connectivity index (χ1n) is 6.57. The summed E-state index contributed by atoms with van der Waals surface area (Å²) in [6.07, 6.45) is 0.825. The number of hydrogen-bond donors (Lipinski definition) is 1. The SMILES string of the molecule is COc1ccc(COc2ccc(Br)c(CCN)c2)cc1Br. The Morgan fingerprint density at radius 2 is 1.86 bits per heavy atom. The lowest BCUT2D eigenvalue weighted by Crippen LogP contribution is -2.04. The average Bonchev–Trinajstić information content (AvgIpc) is 2.48. The molecule has 2 rings (SSSR count). The Morgan fingerprint density at radius 1 is 1.05 bits per heavy atom. The second-order valence-corrected chi connectivity index (χ2v) is 6.26. The molecule has 0 aliphatic heterocycles. The molecule has 0 aromatic heterocycles. The fraction of sp³-hybridized carbons (Fsp3) is 0.250. The van der Waals surface area contributed by atoms with Gasteiger partial charge in [0, 0.05) is 4.47 Å². The van der Waals surface area contributed by atoms with Gasteiger partial charge in [-0.1, -0.05) is 22.0 Å². The highest BCUT2D eigenvalue weighted by atomic mass is 79.9. The van der Waals surface area contributed by atoms with Crippen LogP contribution in [0.2, 0.25) is 0 Å². The summed E-state index contributed by atoms with van der Waals surface area (Å²) in [5, 5.41) is 0. The van der Waals surface area contributed by atoms with Crippen molar-refractivity contribution in [2.24, 2.45) is 5.73 Å². The summed E-state index contributed by atoms with van der Waals surface area (Å²) in [5.74, 6) is 1.65. The maximum Gasteiger partial charge on any atom is 0.133 e. The summed E-state index contributed by atoms with van der Waals surface area (Å²) in [4.78, 5) is 0. The average molecular weight is 415 g/mol. The van der Waals surface area contributed by atoms with Crippen LogP contribution < -0.4 is 15.2 Å². The second kappa shape index (κ2) is 7.82. The van der Waals surface area contributed by atoms with E-state index in [0.717, 1.165) is 38.0 Å². The van der Waals surface area contributed by atoms with Crippen molar-refractivity contribution in [2.45, 2.75) is 13.0 Å². The van der Waals surface area contributed by atoms with Gasteiger partial charge in [0.15, 0.2) is 0 Å². The van der Waals surface area contributed by atoms with Crippen molar-refractivity contribution < 1.29 is 9.47 Å². The van der Waals surface area contributed by atoms with Crippen LogP contribution >= 0.6 is 31.9 Å². The summed E-state index contributed by atoms with van der Waals surface area (Å²) in [5.41, 5.74) is 7.84. The number of hydrogen-bond acceptors (Lipinski definition) is 3. The van der Waals surface area contributed by atoms with Crippen molar-refractivity contribution in [3.63, 3.8) is 0 Å². The largest absolute Gasteiger partial charge is 0.496 e. The standard InChI is InChI=1S/C16H17Br2NO2/c1-20-16-5-2-11(8-15(16)18)10-21-13-3-4-14(17)12(9-13)6-7-19/h2-5,8-9H,6-7,10,19H2,1H3. The molecule has 2 aromatic carbocycles. The van der Waals surface area contributed by atoms with Gasteiger partial charge in [-0.25, -0.2) is 0 Å². The van der Waals surface area contributed by atoms with Crippen LogP contribution in [-0.4, -0.2) is 13.7 Å². The van der Waals surface area contributed by atoms with E-state index < -0.39 is 0 Å². The van der Waals surface area contributed by atoms with Crippen LogP contribution in [0.25, 0.3) is 0 Å².